The molecule has 0 atom stereocenters. The van der Waals surface area contributed by atoms with Crippen molar-refractivity contribution in [2.45, 2.75) is 58.9 Å². The first-order chi connectivity index (χ1) is 10.1. The van der Waals surface area contributed by atoms with Gasteiger partial charge in [-0.3, -0.25) is 0 Å². The molecule has 1 aliphatic carbocycles. The van der Waals surface area contributed by atoms with E-state index in [1.54, 1.807) is 0 Å². The largest absolute Gasteiger partial charge is 0.325 e. The summed E-state index contributed by atoms with van der Waals surface area (Å²) in [5.74, 6) is 0.994. The van der Waals surface area contributed by atoms with Crippen molar-refractivity contribution in [3.63, 3.8) is 0 Å². The maximum absolute atomic E-state index is 4.70. The Balaban J connectivity index is 1.89. The van der Waals surface area contributed by atoms with Crippen molar-refractivity contribution < 1.29 is 0 Å². The van der Waals surface area contributed by atoms with Crippen LogP contribution in [0.1, 0.15) is 55.0 Å². The summed E-state index contributed by atoms with van der Waals surface area (Å²) in [7, 11) is 0. The fourth-order valence-electron chi connectivity index (χ4n) is 3.25. The zero-order chi connectivity index (χ0) is 14.8. The molecule has 0 bridgehead atoms. The van der Waals surface area contributed by atoms with Crippen LogP contribution in [0.25, 0.3) is 0 Å². The number of rotatable bonds is 3. The standard InChI is InChI=1S/C18H25N3/c1-13-8-7-11-17(15(13)3)20-18-19-14(2)12-21(18)16-9-5-4-6-10-16/h7-8,11-12,16H,4-6,9-10H2,1-3H3,(H,19,20). The molecule has 1 aromatic carbocycles. The van der Waals surface area contributed by atoms with E-state index in [1.165, 1.54) is 43.2 Å². The molecule has 1 fully saturated rings. The molecule has 0 amide bonds. The molecule has 0 aliphatic heterocycles. The topological polar surface area (TPSA) is 29.9 Å². The smallest absolute Gasteiger partial charge is 0.207 e. The number of aromatic nitrogens is 2. The van der Waals surface area contributed by atoms with Gasteiger partial charge in [0.15, 0.2) is 0 Å². The zero-order valence-corrected chi connectivity index (χ0v) is 13.3. The van der Waals surface area contributed by atoms with Crippen molar-refractivity contribution in [3.05, 3.63) is 41.2 Å². The van der Waals surface area contributed by atoms with Gasteiger partial charge in [0.25, 0.3) is 0 Å². The molecule has 1 aliphatic rings. The van der Waals surface area contributed by atoms with Gasteiger partial charge in [-0.15, -0.1) is 0 Å². The van der Waals surface area contributed by atoms with Gasteiger partial charge in [-0.1, -0.05) is 31.4 Å². The second-order valence-electron chi connectivity index (χ2n) is 6.28. The molecule has 3 heteroatoms. The third kappa shape index (κ3) is 2.97. The molecule has 112 valence electrons. The molecule has 1 heterocycles. The Kier molecular flexibility index (Phi) is 4.00. The van der Waals surface area contributed by atoms with Gasteiger partial charge in [0.2, 0.25) is 5.95 Å². The first-order valence-corrected chi connectivity index (χ1v) is 8.04. The molecule has 2 aromatic rings. The van der Waals surface area contributed by atoms with Gasteiger partial charge < -0.3 is 9.88 Å². The predicted molar refractivity (Wildman–Crippen MR) is 88.3 cm³/mol. The Bertz CT molecular complexity index is 621. The number of hydrogen-bond donors (Lipinski definition) is 1. The van der Waals surface area contributed by atoms with Gasteiger partial charge in [-0.2, -0.15) is 0 Å². The molecule has 0 spiro atoms. The van der Waals surface area contributed by atoms with E-state index < -0.39 is 0 Å². The molecule has 0 unspecified atom stereocenters. The van der Waals surface area contributed by atoms with Gasteiger partial charge >= 0.3 is 0 Å². The number of benzene rings is 1. The summed E-state index contributed by atoms with van der Waals surface area (Å²) in [5.41, 5.74) is 4.87. The van der Waals surface area contributed by atoms with Crippen molar-refractivity contribution >= 4 is 11.6 Å². The van der Waals surface area contributed by atoms with Crippen molar-refractivity contribution in [2.24, 2.45) is 0 Å². The van der Waals surface area contributed by atoms with Crippen LogP contribution in [0.3, 0.4) is 0 Å². The van der Waals surface area contributed by atoms with Crippen molar-refractivity contribution in [2.75, 3.05) is 5.32 Å². The van der Waals surface area contributed by atoms with E-state index in [4.69, 9.17) is 4.98 Å². The molecule has 1 N–H and O–H groups in total. The van der Waals surface area contributed by atoms with E-state index in [1.807, 2.05) is 0 Å². The van der Waals surface area contributed by atoms with Gasteiger partial charge in [-0.25, -0.2) is 4.98 Å². The van der Waals surface area contributed by atoms with Crippen LogP contribution in [-0.4, -0.2) is 9.55 Å². The second-order valence-corrected chi connectivity index (χ2v) is 6.28. The average Bonchev–Trinajstić information content (AvgIpc) is 2.86. The van der Waals surface area contributed by atoms with Crippen LogP contribution in [0.5, 0.6) is 0 Å². The van der Waals surface area contributed by atoms with Crippen LogP contribution >= 0.6 is 0 Å². The molecular weight excluding hydrogens is 258 g/mol. The molecule has 3 rings (SSSR count). The molecule has 3 nitrogen and oxygen atoms in total. The van der Waals surface area contributed by atoms with Gasteiger partial charge in [0.05, 0.1) is 5.69 Å². The lowest BCUT2D eigenvalue weighted by Gasteiger charge is -2.25. The van der Waals surface area contributed by atoms with Crippen LogP contribution in [0, 0.1) is 20.8 Å². The van der Waals surface area contributed by atoms with E-state index in [2.05, 4.69) is 55.1 Å². The normalized spacial score (nSPS) is 16.1. The lowest BCUT2D eigenvalue weighted by molar-refractivity contribution is 0.356. The number of imidazole rings is 1. The van der Waals surface area contributed by atoms with Gasteiger partial charge in [0.1, 0.15) is 0 Å². The Morgan fingerprint density at radius 3 is 2.62 bits per heavy atom. The maximum atomic E-state index is 4.70. The van der Waals surface area contributed by atoms with Crippen molar-refractivity contribution in [1.82, 2.24) is 9.55 Å². The van der Waals surface area contributed by atoms with Gasteiger partial charge in [-0.05, 0) is 50.8 Å². The Labute approximate surface area is 127 Å². The van der Waals surface area contributed by atoms with E-state index in [-0.39, 0.29) is 0 Å². The Hall–Kier alpha value is -1.77. The summed E-state index contributed by atoms with van der Waals surface area (Å²) < 4.78 is 2.36. The SMILES string of the molecule is Cc1cn(C2CCCCC2)c(Nc2cccc(C)c2C)n1. The summed E-state index contributed by atoms with van der Waals surface area (Å²) in [6.07, 6.45) is 8.80. The number of aryl methyl sites for hydroxylation is 2. The maximum Gasteiger partial charge on any atom is 0.207 e. The predicted octanol–water partition coefficient (Wildman–Crippen LogP) is 5.06. The first-order valence-electron chi connectivity index (χ1n) is 8.04. The van der Waals surface area contributed by atoms with Crippen LogP contribution in [0.2, 0.25) is 0 Å². The summed E-state index contributed by atoms with van der Waals surface area (Å²) in [4.78, 5) is 4.70. The van der Waals surface area contributed by atoms with Crippen LogP contribution < -0.4 is 5.32 Å². The minimum Gasteiger partial charge on any atom is -0.325 e. The fraction of sp³-hybridized carbons (Fsp3) is 0.500. The fourth-order valence-corrected chi connectivity index (χ4v) is 3.25. The van der Waals surface area contributed by atoms with Crippen LogP contribution in [0.15, 0.2) is 24.4 Å². The highest BCUT2D eigenvalue weighted by atomic mass is 15.2. The summed E-state index contributed by atoms with van der Waals surface area (Å²) >= 11 is 0. The lowest BCUT2D eigenvalue weighted by Crippen LogP contribution is -2.14. The van der Waals surface area contributed by atoms with E-state index in [0.29, 0.717) is 6.04 Å². The monoisotopic (exact) mass is 283 g/mol. The van der Waals surface area contributed by atoms with Crippen molar-refractivity contribution in [1.29, 1.82) is 0 Å². The highest BCUT2D eigenvalue weighted by molar-refractivity contribution is 5.60. The minimum absolute atomic E-state index is 0.604. The molecular formula is C18H25N3. The number of anilines is 2. The highest BCUT2D eigenvalue weighted by Crippen LogP contribution is 2.32. The molecule has 21 heavy (non-hydrogen) atoms. The lowest BCUT2D eigenvalue weighted by atomic mass is 9.95. The van der Waals surface area contributed by atoms with E-state index in [0.717, 1.165) is 17.3 Å². The van der Waals surface area contributed by atoms with Crippen molar-refractivity contribution in [3.8, 4) is 0 Å². The zero-order valence-electron chi connectivity index (χ0n) is 13.3. The Morgan fingerprint density at radius 2 is 1.86 bits per heavy atom. The minimum atomic E-state index is 0.604. The summed E-state index contributed by atoms with van der Waals surface area (Å²) in [5, 5.41) is 3.55. The van der Waals surface area contributed by atoms with Crippen LogP contribution in [0.4, 0.5) is 11.6 Å². The molecule has 1 saturated carbocycles. The quantitative estimate of drug-likeness (QED) is 0.853. The average molecular weight is 283 g/mol. The number of nitrogens with one attached hydrogen (secondary N) is 1. The third-order valence-corrected chi connectivity index (χ3v) is 4.67. The number of nitrogens with zero attached hydrogens (tertiary/aromatic N) is 2. The first kappa shape index (κ1) is 14.2. The second kappa shape index (κ2) is 5.92. The van der Waals surface area contributed by atoms with E-state index in [9.17, 15) is 0 Å². The third-order valence-electron chi connectivity index (χ3n) is 4.67. The highest BCUT2D eigenvalue weighted by Gasteiger charge is 2.19. The summed E-state index contributed by atoms with van der Waals surface area (Å²) in [6.45, 7) is 6.39. The molecule has 0 saturated heterocycles. The summed E-state index contributed by atoms with van der Waals surface area (Å²) in [6, 6.07) is 7.00. The Morgan fingerprint density at radius 1 is 1.10 bits per heavy atom. The van der Waals surface area contributed by atoms with E-state index >= 15 is 0 Å². The van der Waals surface area contributed by atoms with Gasteiger partial charge in [0, 0.05) is 17.9 Å². The number of hydrogen-bond acceptors (Lipinski definition) is 2. The molecule has 0 radical (unpaired) electrons. The van der Waals surface area contributed by atoms with Crippen LogP contribution in [-0.2, 0) is 0 Å². The molecule has 1 aromatic heterocycles.